The van der Waals surface area contributed by atoms with Crippen LogP contribution in [0, 0.1) is 0 Å². The lowest BCUT2D eigenvalue weighted by atomic mass is 9.98. The summed E-state index contributed by atoms with van der Waals surface area (Å²) in [5.41, 5.74) is 0.0190. The van der Waals surface area contributed by atoms with Crippen LogP contribution in [0.25, 0.3) is 0 Å². The van der Waals surface area contributed by atoms with Crippen LogP contribution in [0.1, 0.15) is 33.1 Å². The average Bonchev–Trinajstić information content (AvgIpc) is 2.49. The SMILES string of the molecule is CN=C(NCCN(C)CC(F)(F)F)NCC(C)(C)N1CCCCC1.I. The van der Waals surface area contributed by atoms with Crippen molar-refractivity contribution in [1.82, 2.24) is 20.4 Å². The van der Waals surface area contributed by atoms with Gasteiger partial charge in [0.2, 0.25) is 0 Å². The summed E-state index contributed by atoms with van der Waals surface area (Å²) in [7, 11) is 3.13. The van der Waals surface area contributed by atoms with Crippen molar-refractivity contribution in [2.75, 3.05) is 53.4 Å². The number of halogens is 4. The van der Waals surface area contributed by atoms with Gasteiger partial charge < -0.3 is 10.6 Å². The maximum atomic E-state index is 12.3. The molecule has 150 valence electrons. The number of alkyl halides is 3. The summed E-state index contributed by atoms with van der Waals surface area (Å²) in [4.78, 5) is 7.87. The van der Waals surface area contributed by atoms with Crippen LogP contribution in [0.2, 0.25) is 0 Å². The Hall–Kier alpha value is -0.290. The molecule has 0 aromatic carbocycles. The Morgan fingerprint density at radius 2 is 1.72 bits per heavy atom. The van der Waals surface area contributed by atoms with Crippen LogP contribution in [0.4, 0.5) is 13.2 Å². The Morgan fingerprint density at radius 1 is 1.12 bits per heavy atom. The molecule has 1 heterocycles. The molecule has 0 aromatic rings. The number of nitrogens with zero attached hydrogens (tertiary/aromatic N) is 3. The van der Waals surface area contributed by atoms with Gasteiger partial charge in [0.1, 0.15) is 0 Å². The molecule has 0 atom stereocenters. The van der Waals surface area contributed by atoms with Gasteiger partial charge in [-0.1, -0.05) is 6.42 Å². The first-order chi connectivity index (χ1) is 11.1. The van der Waals surface area contributed by atoms with Gasteiger partial charge in [0, 0.05) is 32.2 Å². The summed E-state index contributed by atoms with van der Waals surface area (Å²) in [5, 5.41) is 6.36. The first-order valence-electron chi connectivity index (χ1n) is 8.59. The van der Waals surface area contributed by atoms with E-state index in [2.05, 4.69) is 34.4 Å². The topological polar surface area (TPSA) is 42.9 Å². The number of guanidine groups is 1. The van der Waals surface area contributed by atoms with Gasteiger partial charge in [-0.05, 0) is 46.8 Å². The summed E-state index contributed by atoms with van der Waals surface area (Å²) in [6.45, 7) is 7.19. The molecule has 0 aromatic heterocycles. The van der Waals surface area contributed by atoms with E-state index < -0.39 is 12.7 Å². The van der Waals surface area contributed by atoms with Gasteiger partial charge in [-0.25, -0.2) is 0 Å². The number of piperidine rings is 1. The van der Waals surface area contributed by atoms with E-state index in [0.717, 1.165) is 19.6 Å². The van der Waals surface area contributed by atoms with E-state index in [1.807, 2.05) is 0 Å². The zero-order valence-corrected chi connectivity index (χ0v) is 18.1. The molecule has 2 N–H and O–H groups in total. The normalized spacial score (nSPS) is 17.4. The fourth-order valence-electron chi connectivity index (χ4n) is 2.88. The van der Waals surface area contributed by atoms with Crippen LogP contribution in [0.3, 0.4) is 0 Å². The van der Waals surface area contributed by atoms with Gasteiger partial charge in [0.05, 0.1) is 6.54 Å². The van der Waals surface area contributed by atoms with E-state index in [0.29, 0.717) is 19.0 Å². The van der Waals surface area contributed by atoms with Crippen LogP contribution >= 0.6 is 24.0 Å². The van der Waals surface area contributed by atoms with E-state index in [9.17, 15) is 13.2 Å². The lowest BCUT2D eigenvalue weighted by Gasteiger charge is -2.41. The fraction of sp³-hybridized carbons (Fsp3) is 0.938. The molecule has 5 nitrogen and oxygen atoms in total. The smallest absolute Gasteiger partial charge is 0.355 e. The van der Waals surface area contributed by atoms with Gasteiger partial charge in [-0.15, -0.1) is 24.0 Å². The van der Waals surface area contributed by atoms with E-state index in [4.69, 9.17) is 0 Å². The summed E-state index contributed by atoms with van der Waals surface area (Å²) in [6, 6.07) is 0. The highest BCUT2D eigenvalue weighted by Gasteiger charge is 2.29. The maximum Gasteiger partial charge on any atom is 0.401 e. The highest BCUT2D eigenvalue weighted by atomic mass is 127. The van der Waals surface area contributed by atoms with Crippen molar-refractivity contribution in [1.29, 1.82) is 0 Å². The molecular formula is C16H33F3IN5. The van der Waals surface area contributed by atoms with Crippen LogP contribution in [0.15, 0.2) is 4.99 Å². The van der Waals surface area contributed by atoms with Gasteiger partial charge >= 0.3 is 6.18 Å². The number of likely N-dealkylation sites (tertiary alicyclic amines) is 1. The first kappa shape index (κ1) is 24.7. The third-order valence-corrected chi connectivity index (χ3v) is 4.36. The molecular weight excluding hydrogens is 446 g/mol. The molecule has 1 fully saturated rings. The third kappa shape index (κ3) is 10.4. The number of nitrogens with one attached hydrogen (secondary N) is 2. The number of hydrogen-bond donors (Lipinski definition) is 2. The molecule has 1 aliphatic rings. The molecule has 0 spiro atoms. The van der Waals surface area contributed by atoms with Crippen molar-refractivity contribution in [2.45, 2.75) is 44.8 Å². The van der Waals surface area contributed by atoms with Crippen molar-refractivity contribution in [3.63, 3.8) is 0 Å². The van der Waals surface area contributed by atoms with Crippen molar-refractivity contribution < 1.29 is 13.2 Å². The molecule has 0 aliphatic carbocycles. The lowest BCUT2D eigenvalue weighted by molar-refractivity contribution is -0.142. The highest BCUT2D eigenvalue weighted by molar-refractivity contribution is 14.0. The maximum absolute atomic E-state index is 12.3. The molecule has 9 heteroatoms. The zero-order valence-electron chi connectivity index (χ0n) is 15.7. The molecule has 0 bridgehead atoms. The third-order valence-electron chi connectivity index (χ3n) is 4.36. The van der Waals surface area contributed by atoms with Crippen molar-refractivity contribution in [2.24, 2.45) is 4.99 Å². The molecule has 0 unspecified atom stereocenters. The van der Waals surface area contributed by atoms with Crippen LogP contribution < -0.4 is 10.6 Å². The lowest BCUT2D eigenvalue weighted by Crippen LogP contribution is -2.55. The first-order valence-corrected chi connectivity index (χ1v) is 8.59. The van der Waals surface area contributed by atoms with E-state index in [1.54, 1.807) is 7.05 Å². The molecule has 0 saturated carbocycles. The molecule has 1 aliphatic heterocycles. The van der Waals surface area contributed by atoms with Gasteiger partial charge in [0.25, 0.3) is 0 Å². The number of aliphatic imine (C=N–C) groups is 1. The minimum absolute atomic E-state index is 0. The van der Waals surface area contributed by atoms with Crippen LogP contribution in [-0.4, -0.2) is 80.8 Å². The summed E-state index contributed by atoms with van der Waals surface area (Å²) in [6.07, 6.45) is -0.383. The molecule has 25 heavy (non-hydrogen) atoms. The molecule has 1 rings (SSSR count). The van der Waals surface area contributed by atoms with E-state index in [-0.39, 0.29) is 29.5 Å². The number of likely N-dealkylation sites (N-methyl/N-ethyl adjacent to an activating group) is 1. The van der Waals surface area contributed by atoms with Crippen molar-refractivity contribution in [3.8, 4) is 0 Å². The Kier molecular flexibility index (Phi) is 11.3. The minimum Gasteiger partial charge on any atom is -0.355 e. The van der Waals surface area contributed by atoms with E-state index in [1.165, 1.54) is 31.2 Å². The van der Waals surface area contributed by atoms with Crippen molar-refractivity contribution >= 4 is 29.9 Å². The van der Waals surface area contributed by atoms with Crippen molar-refractivity contribution in [3.05, 3.63) is 0 Å². The predicted molar refractivity (Wildman–Crippen MR) is 108 cm³/mol. The monoisotopic (exact) mass is 479 g/mol. The predicted octanol–water partition coefficient (Wildman–Crippen LogP) is 2.53. The quantitative estimate of drug-likeness (QED) is 0.335. The molecule has 0 amide bonds. The standard InChI is InChI=1S/C16H32F3N5.HI/c1-15(2,24-9-6-5-7-10-24)12-22-14(20-3)21-8-11-23(4)13-16(17,18)19;/h5-13H2,1-4H3,(H2,20,21,22);1H. The Balaban J connectivity index is 0.00000576. The largest absolute Gasteiger partial charge is 0.401 e. The number of hydrogen-bond acceptors (Lipinski definition) is 3. The second-order valence-corrected chi connectivity index (χ2v) is 7.07. The Labute approximate surface area is 166 Å². The van der Waals surface area contributed by atoms with Gasteiger partial charge in [-0.3, -0.25) is 14.8 Å². The van der Waals surface area contributed by atoms with Crippen LogP contribution in [0.5, 0.6) is 0 Å². The summed E-state index contributed by atoms with van der Waals surface area (Å²) >= 11 is 0. The summed E-state index contributed by atoms with van der Waals surface area (Å²) in [5.74, 6) is 0.625. The average molecular weight is 479 g/mol. The minimum atomic E-state index is -4.16. The molecule has 0 radical (unpaired) electrons. The number of rotatable bonds is 7. The highest BCUT2D eigenvalue weighted by Crippen LogP contribution is 2.19. The second-order valence-electron chi connectivity index (χ2n) is 7.07. The van der Waals surface area contributed by atoms with Crippen LogP contribution in [-0.2, 0) is 0 Å². The molecule has 1 saturated heterocycles. The van der Waals surface area contributed by atoms with E-state index >= 15 is 0 Å². The zero-order chi connectivity index (χ0) is 18.2. The second kappa shape index (κ2) is 11.4. The fourth-order valence-corrected chi connectivity index (χ4v) is 2.88. The van der Waals surface area contributed by atoms with Gasteiger partial charge in [0.15, 0.2) is 5.96 Å². The van der Waals surface area contributed by atoms with Gasteiger partial charge in [-0.2, -0.15) is 13.2 Å². The Bertz CT molecular complexity index is 396. The summed E-state index contributed by atoms with van der Waals surface area (Å²) < 4.78 is 36.9. The Morgan fingerprint density at radius 3 is 2.24 bits per heavy atom.